The van der Waals surface area contributed by atoms with Crippen LogP contribution in [-0.2, 0) is 14.3 Å². The predicted molar refractivity (Wildman–Crippen MR) is 101 cm³/mol. The van der Waals surface area contributed by atoms with Crippen LogP contribution in [0.25, 0.3) is 0 Å². The number of carbonyl (C=O) groups is 2. The molecule has 6 nitrogen and oxygen atoms in total. The van der Waals surface area contributed by atoms with Gasteiger partial charge >= 0.3 is 5.97 Å². The molecular weight excluding hydrogens is 344 g/mol. The Morgan fingerprint density at radius 1 is 1.19 bits per heavy atom. The average molecular weight is 366 g/mol. The maximum absolute atomic E-state index is 13.4. The molecule has 1 aliphatic carbocycles. The third-order valence-electron chi connectivity index (χ3n) is 5.27. The summed E-state index contributed by atoms with van der Waals surface area (Å²) in [7, 11) is 1.32. The Balaban J connectivity index is 1.86. The van der Waals surface area contributed by atoms with E-state index >= 15 is 0 Å². The number of benzene rings is 1. The van der Waals surface area contributed by atoms with Crippen molar-refractivity contribution in [2.75, 3.05) is 17.7 Å². The molecule has 0 spiro atoms. The van der Waals surface area contributed by atoms with Crippen molar-refractivity contribution in [2.45, 2.75) is 26.3 Å². The van der Waals surface area contributed by atoms with E-state index in [0.29, 0.717) is 17.8 Å². The molecule has 2 heterocycles. The van der Waals surface area contributed by atoms with E-state index in [1.54, 1.807) is 0 Å². The molecule has 1 aromatic carbocycles. The number of methoxy groups -OCH3 is 1. The molecule has 0 bridgehead atoms. The summed E-state index contributed by atoms with van der Waals surface area (Å²) in [5.74, 6) is -0.263. The number of hydrogen-bond donors (Lipinski definition) is 2. The highest BCUT2D eigenvalue weighted by Gasteiger charge is 2.44. The zero-order valence-electron chi connectivity index (χ0n) is 15.5. The first-order valence-corrected chi connectivity index (χ1v) is 9.03. The number of para-hydroxylation sites is 2. The minimum Gasteiger partial charge on any atom is -0.468 e. The highest BCUT2D eigenvalue weighted by molar-refractivity contribution is 6.11. The van der Waals surface area contributed by atoms with Gasteiger partial charge in [0.25, 0.3) is 0 Å². The summed E-state index contributed by atoms with van der Waals surface area (Å²) in [6.45, 7) is 3.77. The van der Waals surface area contributed by atoms with E-state index in [0.717, 1.165) is 22.8 Å². The molecule has 1 aliphatic heterocycles. The van der Waals surface area contributed by atoms with Gasteiger partial charge in [0.2, 0.25) is 0 Å². The van der Waals surface area contributed by atoms with Gasteiger partial charge in [-0.1, -0.05) is 19.1 Å². The molecule has 0 fully saturated rings. The first-order chi connectivity index (χ1) is 13.0. The number of anilines is 2. The van der Waals surface area contributed by atoms with Crippen molar-refractivity contribution >= 4 is 23.1 Å². The smallest absolute Gasteiger partial charge is 0.316 e. The number of Topliss-reactive ketones (excluding diaryl/α,β-unsaturated/α-hetero) is 1. The first-order valence-electron chi connectivity index (χ1n) is 9.03. The number of carbonyl (C=O) groups excluding carboxylic acids is 2. The molecule has 140 valence electrons. The lowest BCUT2D eigenvalue weighted by atomic mass is 9.75. The standard InChI is InChI=1S/C21H22N2O4/c1-11-10-15-18(20(24)17(11)21(25)26-3)19(16-9-8-12(2)27-16)23-14-7-5-4-6-13(14)22-15/h4-9,11,17,19,22-23H,10H2,1-3H3/t11-,17+,19-/m1/s1. The van der Waals surface area contributed by atoms with Crippen LogP contribution in [0.2, 0.25) is 0 Å². The number of ether oxygens (including phenoxy) is 1. The van der Waals surface area contributed by atoms with Gasteiger partial charge in [-0.05, 0) is 43.5 Å². The van der Waals surface area contributed by atoms with Crippen molar-refractivity contribution < 1.29 is 18.7 Å². The molecule has 0 amide bonds. The van der Waals surface area contributed by atoms with Crippen molar-refractivity contribution in [2.24, 2.45) is 11.8 Å². The second kappa shape index (κ2) is 6.61. The normalized spacial score (nSPS) is 24.3. The quantitative estimate of drug-likeness (QED) is 0.621. The van der Waals surface area contributed by atoms with Crippen molar-refractivity contribution in [1.82, 2.24) is 0 Å². The number of fused-ring (bicyclic) bond motifs is 1. The van der Waals surface area contributed by atoms with Gasteiger partial charge in [0.05, 0.1) is 18.5 Å². The average Bonchev–Trinajstić information content (AvgIpc) is 3.00. The maximum atomic E-state index is 13.4. The number of ketones is 1. The Morgan fingerprint density at radius 2 is 1.93 bits per heavy atom. The molecule has 2 aliphatic rings. The number of aryl methyl sites for hydroxylation is 1. The molecule has 2 N–H and O–H groups in total. The summed E-state index contributed by atoms with van der Waals surface area (Å²) in [5.41, 5.74) is 3.13. The Morgan fingerprint density at radius 3 is 2.59 bits per heavy atom. The zero-order chi connectivity index (χ0) is 19.1. The summed E-state index contributed by atoms with van der Waals surface area (Å²) >= 11 is 0. The highest BCUT2D eigenvalue weighted by Crippen LogP contribution is 2.43. The van der Waals surface area contributed by atoms with Crippen LogP contribution in [0.15, 0.2) is 52.1 Å². The second-order valence-corrected chi connectivity index (χ2v) is 7.14. The highest BCUT2D eigenvalue weighted by atomic mass is 16.5. The topological polar surface area (TPSA) is 80.6 Å². The van der Waals surface area contributed by atoms with Gasteiger partial charge in [0.1, 0.15) is 23.5 Å². The second-order valence-electron chi connectivity index (χ2n) is 7.14. The molecule has 2 aromatic rings. The third-order valence-corrected chi connectivity index (χ3v) is 5.27. The Labute approximate surface area is 157 Å². The van der Waals surface area contributed by atoms with Gasteiger partial charge in [0.15, 0.2) is 5.78 Å². The summed E-state index contributed by atoms with van der Waals surface area (Å²) in [5, 5.41) is 6.83. The third kappa shape index (κ3) is 2.91. The van der Waals surface area contributed by atoms with E-state index in [2.05, 4.69) is 10.6 Å². The van der Waals surface area contributed by atoms with Crippen LogP contribution in [0.1, 0.15) is 30.9 Å². The molecular formula is C21H22N2O4. The number of esters is 1. The van der Waals surface area contributed by atoms with Crippen molar-refractivity contribution in [3.63, 3.8) is 0 Å². The number of furan rings is 1. The minimum absolute atomic E-state index is 0.152. The molecule has 6 heteroatoms. The van der Waals surface area contributed by atoms with E-state index in [-0.39, 0.29) is 11.7 Å². The number of rotatable bonds is 2. The van der Waals surface area contributed by atoms with Crippen molar-refractivity contribution in [3.8, 4) is 0 Å². The zero-order valence-corrected chi connectivity index (χ0v) is 15.5. The van der Waals surface area contributed by atoms with Crippen LogP contribution in [0.3, 0.4) is 0 Å². The molecule has 4 rings (SSSR count). The Bertz CT molecular complexity index is 943. The van der Waals surface area contributed by atoms with Crippen molar-refractivity contribution in [3.05, 3.63) is 59.2 Å². The molecule has 1 aromatic heterocycles. The lowest BCUT2D eigenvalue weighted by Gasteiger charge is -2.31. The fourth-order valence-electron chi connectivity index (χ4n) is 3.96. The van der Waals surface area contributed by atoms with Gasteiger partial charge in [-0.3, -0.25) is 9.59 Å². The van der Waals surface area contributed by atoms with Crippen LogP contribution in [0.4, 0.5) is 11.4 Å². The lowest BCUT2D eigenvalue weighted by molar-refractivity contribution is -0.151. The van der Waals surface area contributed by atoms with E-state index in [1.165, 1.54) is 7.11 Å². The number of allylic oxidation sites excluding steroid dienone is 1. The van der Waals surface area contributed by atoms with Crippen LogP contribution < -0.4 is 10.6 Å². The van der Waals surface area contributed by atoms with Gasteiger partial charge in [-0.25, -0.2) is 0 Å². The molecule has 0 unspecified atom stereocenters. The Hall–Kier alpha value is -3.02. The SMILES string of the molecule is COC(=O)[C@@H]1C(=O)C2=C(C[C@H]1C)Nc1ccccc1N[C@@H]2c1ccc(C)o1. The minimum atomic E-state index is -0.808. The number of hydrogen-bond acceptors (Lipinski definition) is 6. The molecule has 27 heavy (non-hydrogen) atoms. The van der Waals surface area contributed by atoms with Gasteiger partial charge < -0.3 is 19.8 Å². The van der Waals surface area contributed by atoms with Gasteiger partial charge in [-0.15, -0.1) is 0 Å². The number of nitrogens with one attached hydrogen (secondary N) is 2. The fourth-order valence-corrected chi connectivity index (χ4v) is 3.96. The fraction of sp³-hybridized carbons (Fsp3) is 0.333. The van der Waals surface area contributed by atoms with E-state index in [9.17, 15) is 9.59 Å². The largest absolute Gasteiger partial charge is 0.468 e. The molecule has 0 saturated heterocycles. The monoisotopic (exact) mass is 366 g/mol. The van der Waals surface area contributed by atoms with Crippen LogP contribution in [0, 0.1) is 18.8 Å². The molecule has 3 atom stereocenters. The van der Waals surface area contributed by atoms with E-state index < -0.39 is 17.9 Å². The van der Waals surface area contributed by atoms with E-state index in [1.807, 2.05) is 50.2 Å². The molecule has 0 radical (unpaired) electrons. The van der Waals surface area contributed by atoms with Crippen LogP contribution in [-0.4, -0.2) is 18.9 Å². The van der Waals surface area contributed by atoms with Crippen LogP contribution in [0.5, 0.6) is 0 Å². The summed E-state index contributed by atoms with van der Waals surface area (Å²) in [6.07, 6.45) is 0.576. The van der Waals surface area contributed by atoms with Crippen LogP contribution >= 0.6 is 0 Å². The van der Waals surface area contributed by atoms with E-state index in [4.69, 9.17) is 9.15 Å². The summed E-state index contributed by atoms with van der Waals surface area (Å²) < 4.78 is 10.7. The summed E-state index contributed by atoms with van der Waals surface area (Å²) in [4.78, 5) is 25.7. The lowest BCUT2D eigenvalue weighted by Crippen LogP contribution is -2.39. The Kier molecular flexibility index (Phi) is 4.26. The predicted octanol–water partition coefficient (Wildman–Crippen LogP) is 3.82. The van der Waals surface area contributed by atoms with Gasteiger partial charge in [-0.2, -0.15) is 0 Å². The molecule has 0 saturated carbocycles. The first kappa shape index (κ1) is 17.4. The van der Waals surface area contributed by atoms with Crippen molar-refractivity contribution in [1.29, 1.82) is 0 Å². The van der Waals surface area contributed by atoms with Gasteiger partial charge in [0, 0.05) is 11.3 Å². The maximum Gasteiger partial charge on any atom is 0.316 e. The summed E-state index contributed by atoms with van der Waals surface area (Å²) in [6, 6.07) is 11.1.